The fourth-order valence-electron chi connectivity index (χ4n) is 7.50. The average Bonchev–Trinajstić information content (AvgIpc) is 3.49. The number of amides is 2. The number of hydrogen-bond acceptors (Lipinski definition) is 3. The van der Waals surface area contributed by atoms with E-state index in [4.69, 9.17) is 0 Å². The molecule has 4 atom stereocenters. The zero-order valence-corrected chi connectivity index (χ0v) is 21.8. The van der Waals surface area contributed by atoms with Gasteiger partial charge in [-0.15, -0.1) is 0 Å². The van der Waals surface area contributed by atoms with E-state index in [0.717, 1.165) is 44.5 Å². The maximum absolute atomic E-state index is 15.4. The number of Topliss-reactive ketones (excluding diaryl/α,β-unsaturated/α-hetero) is 1. The second kappa shape index (κ2) is 8.21. The van der Waals surface area contributed by atoms with Gasteiger partial charge in [-0.3, -0.25) is 19.7 Å². The van der Waals surface area contributed by atoms with E-state index in [-0.39, 0.29) is 17.6 Å². The Morgan fingerprint density at radius 1 is 0.513 bits per heavy atom. The van der Waals surface area contributed by atoms with Crippen LogP contribution < -0.4 is 5.32 Å². The lowest BCUT2D eigenvalue weighted by atomic mass is 9.59. The third-order valence-electron chi connectivity index (χ3n) is 8.97. The summed E-state index contributed by atoms with van der Waals surface area (Å²) in [6.45, 7) is 4.06. The molecule has 0 radical (unpaired) electrons. The first-order valence-electron chi connectivity index (χ1n) is 13.3. The van der Waals surface area contributed by atoms with Crippen LogP contribution in [0.4, 0.5) is 0 Å². The minimum Gasteiger partial charge on any atom is -0.297 e. The van der Waals surface area contributed by atoms with Gasteiger partial charge >= 0.3 is 0 Å². The largest absolute Gasteiger partial charge is 0.297 e. The highest BCUT2D eigenvalue weighted by Gasteiger charge is 2.81. The van der Waals surface area contributed by atoms with E-state index >= 15 is 4.79 Å². The molecule has 2 amide bonds. The second-order valence-electron chi connectivity index (χ2n) is 11.0. The molecule has 4 nitrogen and oxygen atoms in total. The van der Waals surface area contributed by atoms with Gasteiger partial charge in [-0.2, -0.15) is 0 Å². The molecule has 1 aliphatic heterocycles. The van der Waals surface area contributed by atoms with Gasteiger partial charge in [0.15, 0.2) is 5.78 Å². The maximum Gasteiger partial charge on any atom is 0.232 e. The molecular formula is C35H27NO3. The molecule has 1 saturated heterocycles. The molecule has 39 heavy (non-hydrogen) atoms. The van der Waals surface area contributed by atoms with Gasteiger partial charge in [0, 0.05) is 0 Å². The number of imide groups is 1. The van der Waals surface area contributed by atoms with E-state index in [9.17, 15) is 9.59 Å². The zero-order valence-electron chi connectivity index (χ0n) is 21.8. The molecule has 4 aromatic carbocycles. The summed E-state index contributed by atoms with van der Waals surface area (Å²) < 4.78 is 0. The van der Waals surface area contributed by atoms with E-state index in [2.05, 4.69) is 5.32 Å². The number of carbonyl (C=O) groups is 3. The van der Waals surface area contributed by atoms with Crippen LogP contribution in [0.3, 0.4) is 0 Å². The van der Waals surface area contributed by atoms with Gasteiger partial charge in [0.25, 0.3) is 0 Å². The first-order valence-corrected chi connectivity index (χ1v) is 13.3. The van der Waals surface area contributed by atoms with Crippen LogP contribution in [0.5, 0.6) is 0 Å². The summed E-state index contributed by atoms with van der Waals surface area (Å²) in [5.41, 5.74) is 4.44. The minimum atomic E-state index is -1.33. The number of fused-ring (bicyclic) bond motifs is 5. The number of nitrogens with one attached hydrogen (secondary N) is 1. The smallest absolute Gasteiger partial charge is 0.232 e. The van der Waals surface area contributed by atoms with Crippen LogP contribution in [0.25, 0.3) is 11.1 Å². The standard InChI is InChI=1S/C35H27NO3/c1-21-13-17-23(18-14-21)27-28(24-19-15-22(2)16-20-24)35(26-11-7-4-8-12-26)30-29(31(37)36-32(30)38)34(27,33(35)39)25-9-5-3-6-10-25/h3-20,29-30H,1-2H3,(H,36,37,38)/t29-,30-,34-,35-/m1/s1. The summed E-state index contributed by atoms with van der Waals surface area (Å²) in [4.78, 5) is 43.0. The molecule has 0 aromatic heterocycles. The molecule has 4 heteroatoms. The molecule has 0 unspecified atom stereocenters. The Bertz CT molecular complexity index is 1560. The van der Waals surface area contributed by atoms with Gasteiger partial charge in [0.2, 0.25) is 11.8 Å². The lowest BCUT2D eigenvalue weighted by molar-refractivity contribution is -0.132. The van der Waals surface area contributed by atoms with Crippen LogP contribution >= 0.6 is 0 Å². The van der Waals surface area contributed by atoms with Crippen molar-refractivity contribution in [2.75, 3.05) is 0 Å². The highest BCUT2D eigenvalue weighted by Crippen LogP contribution is 2.73. The molecule has 3 aliphatic rings. The molecule has 1 N–H and O–H groups in total. The van der Waals surface area contributed by atoms with E-state index in [1.807, 2.05) is 123 Å². The van der Waals surface area contributed by atoms with E-state index in [1.54, 1.807) is 0 Å². The molecular weight excluding hydrogens is 482 g/mol. The monoisotopic (exact) mass is 509 g/mol. The zero-order chi connectivity index (χ0) is 26.9. The van der Waals surface area contributed by atoms with Crippen molar-refractivity contribution >= 4 is 28.7 Å². The van der Waals surface area contributed by atoms with Gasteiger partial charge in [0.1, 0.15) is 0 Å². The Labute approximate surface area is 227 Å². The molecule has 7 rings (SSSR count). The fraction of sp³-hybridized carbons (Fsp3) is 0.171. The van der Waals surface area contributed by atoms with Crippen molar-refractivity contribution in [1.29, 1.82) is 0 Å². The number of aryl methyl sites for hydroxylation is 2. The predicted molar refractivity (Wildman–Crippen MR) is 151 cm³/mol. The van der Waals surface area contributed by atoms with E-state index < -0.39 is 22.7 Å². The number of benzene rings is 4. The fourth-order valence-corrected chi connectivity index (χ4v) is 7.50. The minimum absolute atomic E-state index is 0.100. The molecule has 2 bridgehead atoms. The number of hydrogen-bond donors (Lipinski definition) is 1. The van der Waals surface area contributed by atoms with Crippen molar-refractivity contribution in [1.82, 2.24) is 5.32 Å². The summed E-state index contributed by atoms with van der Waals surface area (Å²) in [5.74, 6) is -2.58. The molecule has 0 spiro atoms. The van der Waals surface area contributed by atoms with Gasteiger partial charge in [-0.1, -0.05) is 120 Å². The summed E-state index contributed by atoms with van der Waals surface area (Å²) in [6.07, 6.45) is 0. The van der Waals surface area contributed by atoms with Crippen LogP contribution in [0.1, 0.15) is 33.4 Å². The van der Waals surface area contributed by atoms with Crippen LogP contribution in [0, 0.1) is 25.7 Å². The Hall–Kier alpha value is -4.57. The average molecular weight is 510 g/mol. The van der Waals surface area contributed by atoms with Crippen molar-refractivity contribution in [3.63, 3.8) is 0 Å². The molecule has 4 aromatic rings. The van der Waals surface area contributed by atoms with Crippen molar-refractivity contribution in [3.8, 4) is 0 Å². The summed E-state index contributed by atoms with van der Waals surface area (Å²) in [6, 6.07) is 35.5. The molecule has 2 fully saturated rings. The Morgan fingerprint density at radius 2 is 0.872 bits per heavy atom. The van der Waals surface area contributed by atoms with Gasteiger partial charge < -0.3 is 0 Å². The highest BCUT2D eigenvalue weighted by molar-refractivity contribution is 6.35. The lowest BCUT2D eigenvalue weighted by Crippen LogP contribution is -2.44. The van der Waals surface area contributed by atoms with Crippen LogP contribution in [-0.2, 0) is 25.2 Å². The summed E-state index contributed by atoms with van der Waals surface area (Å²) in [5, 5.41) is 2.63. The first kappa shape index (κ1) is 23.5. The predicted octanol–water partition coefficient (Wildman–Crippen LogP) is 5.58. The van der Waals surface area contributed by atoms with Crippen molar-refractivity contribution < 1.29 is 14.4 Å². The normalized spacial score (nSPS) is 27.2. The molecule has 2 aliphatic carbocycles. The number of carbonyl (C=O) groups excluding carboxylic acids is 3. The second-order valence-corrected chi connectivity index (χ2v) is 11.0. The summed E-state index contributed by atoms with van der Waals surface area (Å²) >= 11 is 0. The lowest BCUT2D eigenvalue weighted by Gasteiger charge is -2.39. The topological polar surface area (TPSA) is 63.2 Å². The van der Waals surface area contributed by atoms with E-state index in [0.29, 0.717) is 0 Å². The third kappa shape index (κ3) is 2.86. The van der Waals surface area contributed by atoms with Gasteiger partial charge in [0.05, 0.1) is 22.7 Å². The first-order chi connectivity index (χ1) is 18.9. The maximum atomic E-state index is 15.4. The third-order valence-corrected chi connectivity index (χ3v) is 8.97. The molecule has 190 valence electrons. The Morgan fingerprint density at radius 3 is 1.23 bits per heavy atom. The number of rotatable bonds is 4. The van der Waals surface area contributed by atoms with Crippen molar-refractivity contribution in [3.05, 3.63) is 143 Å². The van der Waals surface area contributed by atoms with Crippen LogP contribution in [0.15, 0.2) is 109 Å². The van der Waals surface area contributed by atoms with Crippen LogP contribution in [-0.4, -0.2) is 17.6 Å². The molecule has 1 heterocycles. The SMILES string of the molecule is Cc1ccc(C2=C(c3ccc(C)cc3)[C@@]3(c4ccccc4)C(=O)[C@@]2(c2ccccc2)[C@H]2C(=O)NC(=O)[C@@H]23)cc1. The quantitative estimate of drug-likeness (QED) is 0.366. The Kier molecular flexibility index (Phi) is 4.96. The summed E-state index contributed by atoms with van der Waals surface area (Å²) in [7, 11) is 0. The molecule has 1 saturated carbocycles. The highest BCUT2D eigenvalue weighted by atomic mass is 16.2. The van der Waals surface area contributed by atoms with Crippen molar-refractivity contribution in [2.45, 2.75) is 24.7 Å². The van der Waals surface area contributed by atoms with Crippen LogP contribution in [0.2, 0.25) is 0 Å². The number of ketones is 1. The number of allylic oxidation sites excluding steroid dienone is 2. The van der Waals surface area contributed by atoms with Gasteiger partial charge in [-0.05, 0) is 47.2 Å². The Balaban J connectivity index is 1.72. The van der Waals surface area contributed by atoms with Gasteiger partial charge in [-0.25, -0.2) is 0 Å². The van der Waals surface area contributed by atoms with Crippen molar-refractivity contribution in [2.24, 2.45) is 11.8 Å². The van der Waals surface area contributed by atoms with E-state index in [1.165, 1.54) is 0 Å².